The Labute approximate surface area is 129 Å². The van der Waals surface area contributed by atoms with Gasteiger partial charge in [-0.05, 0) is 36.2 Å². The average molecular weight is 301 g/mol. The second-order valence-electron chi connectivity index (χ2n) is 5.10. The van der Waals surface area contributed by atoms with Crippen molar-refractivity contribution in [1.29, 1.82) is 0 Å². The van der Waals surface area contributed by atoms with Crippen molar-refractivity contribution in [3.8, 4) is 5.75 Å². The summed E-state index contributed by atoms with van der Waals surface area (Å²) < 4.78 is 7.27. The van der Waals surface area contributed by atoms with Crippen molar-refractivity contribution in [2.24, 2.45) is 0 Å². The van der Waals surface area contributed by atoms with E-state index in [4.69, 9.17) is 21.3 Å². The van der Waals surface area contributed by atoms with Crippen molar-refractivity contribution in [2.45, 2.75) is 19.2 Å². The van der Waals surface area contributed by atoms with Crippen molar-refractivity contribution >= 4 is 17.2 Å². The van der Waals surface area contributed by atoms with Crippen molar-refractivity contribution in [1.82, 2.24) is 9.38 Å². The predicted octanol–water partition coefficient (Wildman–Crippen LogP) is 3.98. The van der Waals surface area contributed by atoms with Gasteiger partial charge in [0.05, 0.1) is 24.4 Å². The number of aromatic nitrogens is 2. The van der Waals surface area contributed by atoms with Gasteiger partial charge in [-0.2, -0.15) is 0 Å². The molecule has 0 aliphatic carbocycles. The first-order chi connectivity index (χ1) is 10.2. The standard InChI is InChI=1S/C17H17ClN2O/c1-12-3-8-17-19-15(16(10-18)20(17)11-12)9-13-4-6-14(21-2)7-5-13/h3-8,11H,9-10H2,1-2H3. The molecule has 0 saturated carbocycles. The molecule has 4 heteroatoms. The highest BCUT2D eigenvalue weighted by Gasteiger charge is 2.12. The minimum absolute atomic E-state index is 0.454. The van der Waals surface area contributed by atoms with Gasteiger partial charge in [0.2, 0.25) is 0 Å². The van der Waals surface area contributed by atoms with Crippen LogP contribution < -0.4 is 4.74 Å². The van der Waals surface area contributed by atoms with Crippen LogP contribution in [0, 0.1) is 6.92 Å². The number of hydrogen-bond acceptors (Lipinski definition) is 2. The summed E-state index contributed by atoms with van der Waals surface area (Å²) in [5.74, 6) is 1.32. The van der Waals surface area contributed by atoms with Crippen LogP contribution in [0.15, 0.2) is 42.6 Å². The van der Waals surface area contributed by atoms with Crippen LogP contribution in [0.4, 0.5) is 0 Å². The van der Waals surface area contributed by atoms with Crippen LogP contribution in [0.5, 0.6) is 5.75 Å². The van der Waals surface area contributed by atoms with Gasteiger partial charge >= 0.3 is 0 Å². The maximum atomic E-state index is 6.14. The molecule has 2 heterocycles. The number of ether oxygens (including phenoxy) is 1. The molecule has 0 unspecified atom stereocenters. The SMILES string of the molecule is COc1ccc(Cc2nc3ccc(C)cn3c2CCl)cc1. The molecule has 0 atom stereocenters. The number of halogens is 1. The summed E-state index contributed by atoms with van der Waals surface area (Å²) in [5, 5.41) is 0. The number of fused-ring (bicyclic) bond motifs is 1. The fraction of sp³-hybridized carbons (Fsp3) is 0.235. The van der Waals surface area contributed by atoms with E-state index in [9.17, 15) is 0 Å². The topological polar surface area (TPSA) is 26.5 Å². The molecule has 108 valence electrons. The maximum Gasteiger partial charge on any atom is 0.137 e. The first kappa shape index (κ1) is 14.0. The van der Waals surface area contributed by atoms with Crippen molar-refractivity contribution in [3.63, 3.8) is 0 Å². The fourth-order valence-electron chi connectivity index (χ4n) is 2.47. The number of pyridine rings is 1. The summed E-state index contributed by atoms with van der Waals surface area (Å²) in [5.41, 5.74) is 5.43. The van der Waals surface area contributed by atoms with Crippen LogP contribution in [-0.2, 0) is 12.3 Å². The third-order valence-electron chi connectivity index (χ3n) is 3.61. The lowest BCUT2D eigenvalue weighted by Crippen LogP contribution is -1.96. The van der Waals surface area contributed by atoms with Crippen LogP contribution in [0.2, 0.25) is 0 Å². The highest BCUT2D eigenvalue weighted by molar-refractivity contribution is 6.17. The molecule has 0 aliphatic heterocycles. The second-order valence-corrected chi connectivity index (χ2v) is 5.37. The van der Waals surface area contributed by atoms with Crippen LogP contribution in [0.1, 0.15) is 22.5 Å². The Bertz CT molecular complexity index is 762. The first-order valence-electron chi connectivity index (χ1n) is 6.86. The van der Waals surface area contributed by atoms with Gasteiger partial charge in [-0.25, -0.2) is 4.98 Å². The molecule has 0 amide bonds. The molecule has 3 nitrogen and oxygen atoms in total. The quantitative estimate of drug-likeness (QED) is 0.681. The van der Waals surface area contributed by atoms with Gasteiger partial charge in [-0.15, -0.1) is 11.6 Å². The normalized spacial score (nSPS) is 11.0. The van der Waals surface area contributed by atoms with Gasteiger partial charge in [-0.1, -0.05) is 18.2 Å². The Morgan fingerprint density at radius 3 is 2.57 bits per heavy atom. The van der Waals surface area contributed by atoms with Crippen molar-refractivity contribution < 1.29 is 4.74 Å². The Morgan fingerprint density at radius 1 is 1.14 bits per heavy atom. The van der Waals surface area contributed by atoms with E-state index in [1.165, 1.54) is 11.1 Å². The van der Waals surface area contributed by atoms with E-state index in [-0.39, 0.29) is 0 Å². The molecule has 0 spiro atoms. The van der Waals surface area contributed by atoms with Crippen LogP contribution in [0.25, 0.3) is 5.65 Å². The highest BCUT2D eigenvalue weighted by Crippen LogP contribution is 2.20. The molecule has 3 rings (SSSR count). The molecule has 3 aromatic rings. The number of alkyl halides is 1. The largest absolute Gasteiger partial charge is 0.497 e. The lowest BCUT2D eigenvalue weighted by molar-refractivity contribution is 0.414. The van der Waals surface area contributed by atoms with Crippen LogP contribution >= 0.6 is 11.6 Å². The summed E-state index contributed by atoms with van der Waals surface area (Å²) >= 11 is 6.14. The van der Waals surface area contributed by atoms with E-state index in [1.54, 1.807) is 7.11 Å². The number of hydrogen-bond donors (Lipinski definition) is 0. The van der Waals surface area contributed by atoms with E-state index < -0.39 is 0 Å². The molecule has 0 bridgehead atoms. The van der Waals surface area contributed by atoms with Crippen LogP contribution in [0.3, 0.4) is 0 Å². The van der Waals surface area contributed by atoms with E-state index in [0.29, 0.717) is 5.88 Å². The Hall–Kier alpha value is -2.00. The minimum atomic E-state index is 0.454. The monoisotopic (exact) mass is 300 g/mol. The van der Waals surface area contributed by atoms with E-state index in [2.05, 4.69) is 35.7 Å². The number of aryl methyl sites for hydroxylation is 1. The van der Waals surface area contributed by atoms with Gasteiger partial charge in [0.25, 0.3) is 0 Å². The molecule has 0 aliphatic rings. The Balaban J connectivity index is 1.99. The zero-order chi connectivity index (χ0) is 14.8. The number of methoxy groups -OCH3 is 1. The number of benzene rings is 1. The summed E-state index contributed by atoms with van der Waals surface area (Å²) in [6, 6.07) is 12.2. The van der Waals surface area contributed by atoms with E-state index >= 15 is 0 Å². The van der Waals surface area contributed by atoms with E-state index in [0.717, 1.165) is 29.2 Å². The summed E-state index contributed by atoms with van der Waals surface area (Å²) in [4.78, 5) is 4.71. The average Bonchev–Trinajstić information content (AvgIpc) is 2.84. The Kier molecular flexibility index (Phi) is 3.84. The summed E-state index contributed by atoms with van der Waals surface area (Å²) in [6.07, 6.45) is 2.85. The molecule has 0 fully saturated rings. The Morgan fingerprint density at radius 2 is 1.90 bits per heavy atom. The molecule has 0 saturated heterocycles. The van der Waals surface area contributed by atoms with Crippen LogP contribution in [-0.4, -0.2) is 16.5 Å². The van der Waals surface area contributed by atoms with Gasteiger partial charge < -0.3 is 9.14 Å². The lowest BCUT2D eigenvalue weighted by atomic mass is 10.1. The van der Waals surface area contributed by atoms with Gasteiger partial charge in [0.1, 0.15) is 11.4 Å². The zero-order valence-electron chi connectivity index (χ0n) is 12.1. The third kappa shape index (κ3) is 2.74. The summed E-state index contributed by atoms with van der Waals surface area (Å²) in [7, 11) is 1.67. The number of nitrogens with zero attached hydrogens (tertiary/aromatic N) is 2. The third-order valence-corrected chi connectivity index (χ3v) is 3.86. The van der Waals surface area contributed by atoms with Gasteiger partial charge in [0, 0.05) is 12.6 Å². The summed E-state index contributed by atoms with van der Waals surface area (Å²) in [6.45, 7) is 2.07. The van der Waals surface area contributed by atoms with Gasteiger partial charge in [0.15, 0.2) is 0 Å². The fourth-order valence-corrected chi connectivity index (χ4v) is 2.75. The molecule has 21 heavy (non-hydrogen) atoms. The number of imidazole rings is 1. The molecule has 0 radical (unpaired) electrons. The van der Waals surface area contributed by atoms with Gasteiger partial charge in [-0.3, -0.25) is 0 Å². The molecular weight excluding hydrogens is 284 g/mol. The van der Waals surface area contributed by atoms with Crippen molar-refractivity contribution in [2.75, 3.05) is 7.11 Å². The number of rotatable bonds is 4. The van der Waals surface area contributed by atoms with Crippen molar-refractivity contribution in [3.05, 3.63) is 65.1 Å². The zero-order valence-corrected chi connectivity index (χ0v) is 12.9. The lowest BCUT2D eigenvalue weighted by Gasteiger charge is -2.04. The predicted molar refractivity (Wildman–Crippen MR) is 85.3 cm³/mol. The molecule has 0 N–H and O–H groups in total. The molecule has 1 aromatic carbocycles. The second kappa shape index (κ2) is 5.78. The van der Waals surface area contributed by atoms with E-state index in [1.807, 2.05) is 18.2 Å². The highest BCUT2D eigenvalue weighted by atomic mass is 35.5. The molecular formula is C17H17ClN2O. The first-order valence-corrected chi connectivity index (χ1v) is 7.40. The minimum Gasteiger partial charge on any atom is -0.497 e. The molecule has 2 aromatic heterocycles. The smallest absolute Gasteiger partial charge is 0.137 e. The maximum absolute atomic E-state index is 6.14.